The van der Waals surface area contributed by atoms with Crippen LogP contribution in [0.4, 0.5) is 5.69 Å². The van der Waals surface area contributed by atoms with Gasteiger partial charge in [-0.2, -0.15) is 0 Å². The fourth-order valence-electron chi connectivity index (χ4n) is 3.16. The molecule has 3 N–H and O–H groups in total. The monoisotopic (exact) mass is 396 g/mol. The minimum absolute atomic E-state index is 0.0277. The van der Waals surface area contributed by atoms with Crippen LogP contribution in [-0.4, -0.2) is 38.0 Å². The number of hydrogen-bond donors (Lipinski definition) is 3. The molecule has 1 fully saturated rings. The molecule has 0 heterocycles. The summed E-state index contributed by atoms with van der Waals surface area (Å²) in [6.45, 7) is 2.77. The standard InChI is InChI=1S/C18H26BrN3O2/c1-13-7-3-5-9-15(13)20-17(23)11-22(2)12-18(24)21-16-10-6-4-8-14(16)19/h4,6,8,10,13,15H,3,5,7,9,11-12H2,1-2H3,(H,20,23)(H,21,24)/p+1/t13-,15+/m0/s1. The van der Waals surface area contributed by atoms with Crippen molar-refractivity contribution < 1.29 is 14.5 Å². The maximum absolute atomic E-state index is 12.2. The fourth-order valence-corrected chi connectivity index (χ4v) is 3.54. The molecular weight excluding hydrogens is 370 g/mol. The Morgan fingerprint density at radius 1 is 1.17 bits per heavy atom. The second-order valence-electron chi connectivity index (χ2n) is 6.77. The van der Waals surface area contributed by atoms with Crippen molar-refractivity contribution >= 4 is 33.4 Å². The number of para-hydroxylation sites is 1. The molecule has 1 aromatic carbocycles. The first-order valence-corrected chi connectivity index (χ1v) is 9.40. The minimum Gasteiger partial charge on any atom is -0.348 e. The highest BCUT2D eigenvalue weighted by Crippen LogP contribution is 2.23. The zero-order valence-corrected chi connectivity index (χ0v) is 16.0. The molecule has 5 nitrogen and oxygen atoms in total. The highest BCUT2D eigenvalue weighted by atomic mass is 79.9. The zero-order chi connectivity index (χ0) is 17.5. The molecule has 1 aliphatic rings. The molecule has 1 unspecified atom stereocenters. The number of nitrogens with one attached hydrogen (secondary N) is 3. The Labute approximate surface area is 152 Å². The largest absolute Gasteiger partial charge is 0.348 e. The maximum Gasteiger partial charge on any atom is 0.279 e. The Balaban J connectivity index is 1.75. The SMILES string of the molecule is C[C@H]1CCCC[C@H]1NC(=O)C[NH+](C)CC(=O)Nc1ccccc1Br. The Kier molecular flexibility index (Phi) is 7.24. The van der Waals surface area contributed by atoms with Crippen molar-refractivity contribution in [2.75, 3.05) is 25.5 Å². The van der Waals surface area contributed by atoms with Crippen LogP contribution in [0.1, 0.15) is 32.6 Å². The number of carbonyl (C=O) groups excluding carboxylic acids is 2. The summed E-state index contributed by atoms with van der Waals surface area (Å²) >= 11 is 3.41. The number of hydrogen-bond acceptors (Lipinski definition) is 2. The highest BCUT2D eigenvalue weighted by Gasteiger charge is 2.24. The van der Waals surface area contributed by atoms with Gasteiger partial charge in [-0.05, 0) is 46.8 Å². The van der Waals surface area contributed by atoms with Crippen LogP contribution in [0, 0.1) is 5.92 Å². The van der Waals surface area contributed by atoms with Crippen molar-refractivity contribution in [2.24, 2.45) is 5.92 Å². The van der Waals surface area contributed by atoms with Crippen LogP contribution in [0.15, 0.2) is 28.7 Å². The number of benzene rings is 1. The summed E-state index contributed by atoms with van der Waals surface area (Å²) in [4.78, 5) is 25.2. The van der Waals surface area contributed by atoms with Crippen molar-refractivity contribution in [1.82, 2.24) is 5.32 Å². The van der Waals surface area contributed by atoms with E-state index in [9.17, 15) is 9.59 Å². The number of quaternary nitrogens is 1. The predicted molar refractivity (Wildman–Crippen MR) is 99.0 cm³/mol. The third-order valence-electron chi connectivity index (χ3n) is 4.53. The van der Waals surface area contributed by atoms with Crippen molar-refractivity contribution in [1.29, 1.82) is 0 Å². The van der Waals surface area contributed by atoms with E-state index in [-0.39, 0.29) is 24.4 Å². The predicted octanol–water partition coefficient (Wildman–Crippen LogP) is 1.60. The molecule has 0 spiro atoms. The smallest absolute Gasteiger partial charge is 0.279 e. The van der Waals surface area contributed by atoms with Crippen LogP contribution in [-0.2, 0) is 9.59 Å². The van der Waals surface area contributed by atoms with Crippen molar-refractivity contribution in [2.45, 2.75) is 38.6 Å². The van der Waals surface area contributed by atoms with Crippen molar-refractivity contribution in [3.8, 4) is 0 Å². The minimum atomic E-state index is -0.0989. The molecule has 0 radical (unpaired) electrons. The van der Waals surface area contributed by atoms with E-state index in [1.54, 1.807) is 0 Å². The zero-order valence-electron chi connectivity index (χ0n) is 14.4. The van der Waals surface area contributed by atoms with Crippen LogP contribution >= 0.6 is 15.9 Å². The van der Waals surface area contributed by atoms with E-state index in [0.29, 0.717) is 12.5 Å². The quantitative estimate of drug-likeness (QED) is 0.683. The third kappa shape index (κ3) is 5.91. The number of anilines is 1. The molecule has 0 aromatic heterocycles. The molecule has 0 bridgehead atoms. The second-order valence-corrected chi connectivity index (χ2v) is 7.63. The van der Waals surface area contributed by atoms with Crippen LogP contribution in [0.25, 0.3) is 0 Å². The molecule has 2 rings (SSSR count). The number of amides is 2. The van der Waals surface area contributed by atoms with E-state index in [2.05, 4.69) is 33.5 Å². The number of carbonyl (C=O) groups is 2. The van der Waals surface area contributed by atoms with Crippen LogP contribution in [0.5, 0.6) is 0 Å². The van der Waals surface area contributed by atoms with Gasteiger partial charge in [0.05, 0.1) is 12.7 Å². The normalized spacial score (nSPS) is 21.8. The molecule has 6 heteroatoms. The van der Waals surface area contributed by atoms with Gasteiger partial charge in [0.25, 0.3) is 11.8 Å². The van der Waals surface area contributed by atoms with Gasteiger partial charge in [-0.3, -0.25) is 9.59 Å². The third-order valence-corrected chi connectivity index (χ3v) is 5.22. The summed E-state index contributed by atoms with van der Waals surface area (Å²) in [6, 6.07) is 7.77. The first-order valence-electron chi connectivity index (χ1n) is 8.60. The van der Waals surface area contributed by atoms with E-state index >= 15 is 0 Å². The number of halogens is 1. The molecule has 24 heavy (non-hydrogen) atoms. The Hall–Kier alpha value is -1.40. The van der Waals surface area contributed by atoms with E-state index in [1.165, 1.54) is 19.3 Å². The van der Waals surface area contributed by atoms with Crippen LogP contribution < -0.4 is 15.5 Å². The van der Waals surface area contributed by atoms with Gasteiger partial charge < -0.3 is 15.5 Å². The molecule has 1 saturated carbocycles. The van der Waals surface area contributed by atoms with E-state index < -0.39 is 0 Å². The van der Waals surface area contributed by atoms with Gasteiger partial charge in [0.2, 0.25) is 0 Å². The topological polar surface area (TPSA) is 62.6 Å². The molecule has 1 aliphatic carbocycles. The summed E-state index contributed by atoms with van der Waals surface area (Å²) in [6.07, 6.45) is 4.69. The molecule has 0 saturated heterocycles. The van der Waals surface area contributed by atoms with Gasteiger partial charge >= 0.3 is 0 Å². The van der Waals surface area contributed by atoms with E-state index in [0.717, 1.165) is 21.5 Å². The summed E-state index contributed by atoms with van der Waals surface area (Å²) in [7, 11) is 1.86. The van der Waals surface area contributed by atoms with Gasteiger partial charge in [0.1, 0.15) is 0 Å². The molecule has 3 atom stereocenters. The van der Waals surface area contributed by atoms with Crippen LogP contribution in [0.3, 0.4) is 0 Å². The van der Waals surface area contributed by atoms with Gasteiger partial charge in [-0.1, -0.05) is 31.9 Å². The molecule has 0 aliphatic heterocycles. The fraction of sp³-hybridized carbons (Fsp3) is 0.556. The first kappa shape index (κ1) is 18.9. The molecular formula is C18H27BrN3O2+. The lowest BCUT2D eigenvalue weighted by Crippen LogP contribution is -3.11. The lowest BCUT2D eigenvalue weighted by Gasteiger charge is -2.29. The number of likely N-dealkylation sites (N-methyl/N-ethyl adjacent to an activating group) is 1. The highest BCUT2D eigenvalue weighted by molar-refractivity contribution is 9.10. The van der Waals surface area contributed by atoms with Gasteiger partial charge in [0, 0.05) is 10.5 Å². The molecule has 2 amide bonds. The van der Waals surface area contributed by atoms with Gasteiger partial charge in [-0.25, -0.2) is 0 Å². The summed E-state index contributed by atoms with van der Waals surface area (Å²) in [5.74, 6) is 0.472. The maximum atomic E-state index is 12.2. The molecule has 132 valence electrons. The lowest BCUT2D eigenvalue weighted by molar-refractivity contribution is -0.862. The average Bonchev–Trinajstić information content (AvgIpc) is 2.51. The Morgan fingerprint density at radius 2 is 1.83 bits per heavy atom. The summed E-state index contributed by atoms with van der Waals surface area (Å²) < 4.78 is 0.847. The lowest BCUT2D eigenvalue weighted by atomic mass is 9.86. The Morgan fingerprint density at radius 3 is 2.54 bits per heavy atom. The Bertz CT molecular complexity index is 579. The van der Waals surface area contributed by atoms with Crippen molar-refractivity contribution in [3.63, 3.8) is 0 Å². The van der Waals surface area contributed by atoms with Gasteiger partial charge in [0.15, 0.2) is 13.1 Å². The number of rotatable bonds is 6. The average molecular weight is 397 g/mol. The second kappa shape index (κ2) is 9.18. The van der Waals surface area contributed by atoms with Crippen LogP contribution in [0.2, 0.25) is 0 Å². The summed E-state index contributed by atoms with van der Waals surface area (Å²) in [5.41, 5.74) is 0.746. The first-order chi connectivity index (χ1) is 11.5. The molecule has 1 aromatic rings. The van der Waals surface area contributed by atoms with E-state index in [1.807, 2.05) is 31.3 Å². The van der Waals surface area contributed by atoms with E-state index in [4.69, 9.17) is 0 Å². The van der Waals surface area contributed by atoms with Gasteiger partial charge in [-0.15, -0.1) is 0 Å². The van der Waals surface area contributed by atoms with Crippen molar-refractivity contribution in [3.05, 3.63) is 28.7 Å². The summed E-state index contributed by atoms with van der Waals surface area (Å²) in [5, 5.41) is 6.00.